The summed E-state index contributed by atoms with van der Waals surface area (Å²) in [6.07, 6.45) is 4.60. The first-order valence-electron chi connectivity index (χ1n) is 6.05. The minimum atomic E-state index is -0.528. The second kappa shape index (κ2) is 7.24. The van der Waals surface area contributed by atoms with Gasteiger partial charge < -0.3 is 4.74 Å². The third kappa shape index (κ3) is 4.63. The van der Waals surface area contributed by atoms with Gasteiger partial charge in [-0.05, 0) is 60.3 Å². The van der Waals surface area contributed by atoms with Crippen LogP contribution in [0.5, 0.6) is 5.75 Å². The molecule has 0 aliphatic carbocycles. The molecule has 0 bridgehead atoms. The van der Waals surface area contributed by atoms with Crippen molar-refractivity contribution in [3.05, 3.63) is 39.9 Å². The maximum atomic E-state index is 11.6. The number of esters is 1. The number of carbonyl (C=O) groups excluding carboxylic acids is 2. The first-order chi connectivity index (χ1) is 8.95. The summed E-state index contributed by atoms with van der Waals surface area (Å²) in [5.41, 5.74) is 2.00. The van der Waals surface area contributed by atoms with E-state index < -0.39 is 5.97 Å². The van der Waals surface area contributed by atoms with Crippen molar-refractivity contribution in [2.24, 2.45) is 0 Å². The van der Waals surface area contributed by atoms with Crippen molar-refractivity contribution in [1.82, 2.24) is 0 Å². The van der Waals surface area contributed by atoms with E-state index in [1.807, 2.05) is 38.1 Å². The highest BCUT2D eigenvalue weighted by Crippen LogP contribution is 2.31. The SMILES string of the molecule is C/C=C/Cc1ccc(Br)c(OC(=O)CC(C)=O)c1C. The van der Waals surface area contributed by atoms with Gasteiger partial charge in [-0.15, -0.1) is 0 Å². The van der Waals surface area contributed by atoms with Crippen LogP contribution >= 0.6 is 15.9 Å². The van der Waals surface area contributed by atoms with E-state index >= 15 is 0 Å². The lowest BCUT2D eigenvalue weighted by Crippen LogP contribution is -2.13. The predicted octanol–water partition coefficient (Wildman–Crippen LogP) is 3.76. The van der Waals surface area contributed by atoms with E-state index in [4.69, 9.17) is 4.74 Å². The molecule has 0 amide bonds. The van der Waals surface area contributed by atoms with Crippen LogP contribution in [-0.2, 0) is 16.0 Å². The molecule has 0 aliphatic heterocycles. The molecule has 0 spiro atoms. The van der Waals surface area contributed by atoms with Crippen molar-refractivity contribution in [2.75, 3.05) is 0 Å². The fraction of sp³-hybridized carbons (Fsp3) is 0.333. The zero-order valence-electron chi connectivity index (χ0n) is 11.3. The number of ether oxygens (including phenoxy) is 1. The maximum Gasteiger partial charge on any atom is 0.318 e. The van der Waals surface area contributed by atoms with E-state index in [1.165, 1.54) is 6.92 Å². The Morgan fingerprint density at radius 3 is 2.63 bits per heavy atom. The number of halogens is 1. The monoisotopic (exact) mass is 324 g/mol. The zero-order chi connectivity index (χ0) is 14.4. The molecule has 0 radical (unpaired) electrons. The number of ketones is 1. The molecule has 0 aromatic heterocycles. The molecule has 0 saturated heterocycles. The van der Waals surface area contributed by atoms with E-state index in [9.17, 15) is 9.59 Å². The van der Waals surface area contributed by atoms with Crippen LogP contribution in [-0.4, -0.2) is 11.8 Å². The molecule has 3 nitrogen and oxygen atoms in total. The quantitative estimate of drug-likeness (QED) is 0.358. The Balaban J connectivity index is 2.99. The predicted molar refractivity (Wildman–Crippen MR) is 78.3 cm³/mol. The molecular formula is C15H17BrO3. The van der Waals surface area contributed by atoms with Gasteiger partial charge in [-0.1, -0.05) is 18.2 Å². The highest BCUT2D eigenvalue weighted by atomic mass is 79.9. The normalized spacial score (nSPS) is 10.7. The number of rotatable bonds is 5. The number of hydrogen-bond donors (Lipinski definition) is 0. The molecule has 4 heteroatoms. The van der Waals surface area contributed by atoms with E-state index in [0.717, 1.165) is 17.5 Å². The van der Waals surface area contributed by atoms with Gasteiger partial charge in [0, 0.05) is 0 Å². The molecular weight excluding hydrogens is 308 g/mol. The zero-order valence-corrected chi connectivity index (χ0v) is 12.9. The average Bonchev–Trinajstić information content (AvgIpc) is 2.32. The van der Waals surface area contributed by atoms with Crippen LogP contribution in [0, 0.1) is 6.92 Å². The van der Waals surface area contributed by atoms with E-state index in [-0.39, 0.29) is 12.2 Å². The minimum absolute atomic E-state index is 0.203. The molecule has 1 aromatic carbocycles. The number of hydrogen-bond acceptors (Lipinski definition) is 3. The molecule has 1 aromatic rings. The molecule has 0 heterocycles. The third-order valence-electron chi connectivity index (χ3n) is 2.65. The highest BCUT2D eigenvalue weighted by Gasteiger charge is 2.14. The van der Waals surface area contributed by atoms with Crippen LogP contribution in [0.2, 0.25) is 0 Å². The van der Waals surface area contributed by atoms with Gasteiger partial charge >= 0.3 is 5.97 Å². The smallest absolute Gasteiger partial charge is 0.318 e. The van der Waals surface area contributed by atoms with Gasteiger partial charge in [0.05, 0.1) is 4.47 Å². The van der Waals surface area contributed by atoms with Gasteiger partial charge in [-0.25, -0.2) is 0 Å². The van der Waals surface area contributed by atoms with Crippen LogP contribution in [0.15, 0.2) is 28.8 Å². The molecule has 1 rings (SSSR count). The van der Waals surface area contributed by atoms with Crippen LogP contribution in [0.25, 0.3) is 0 Å². The van der Waals surface area contributed by atoms with Crippen molar-refractivity contribution in [3.63, 3.8) is 0 Å². The number of benzene rings is 1. The summed E-state index contributed by atoms with van der Waals surface area (Å²) in [6, 6.07) is 3.84. The molecule has 102 valence electrons. The summed E-state index contributed by atoms with van der Waals surface area (Å²) in [4.78, 5) is 22.5. The highest BCUT2D eigenvalue weighted by molar-refractivity contribution is 9.10. The Hall–Kier alpha value is -1.42. The lowest BCUT2D eigenvalue weighted by atomic mass is 10.0. The number of carbonyl (C=O) groups is 2. The second-order valence-corrected chi connectivity index (χ2v) is 5.14. The van der Waals surface area contributed by atoms with Gasteiger partial charge in [-0.3, -0.25) is 9.59 Å². The van der Waals surface area contributed by atoms with Gasteiger partial charge in [0.1, 0.15) is 18.0 Å². The summed E-state index contributed by atoms with van der Waals surface area (Å²) in [6.45, 7) is 5.23. The minimum Gasteiger partial charge on any atom is -0.425 e. The lowest BCUT2D eigenvalue weighted by molar-refractivity contribution is -0.137. The fourth-order valence-corrected chi connectivity index (χ4v) is 2.15. The Bertz CT molecular complexity index is 518. The van der Waals surface area contributed by atoms with E-state index in [1.54, 1.807) is 0 Å². The van der Waals surface area contributed by atoms with Crippen molar-refractivity contribution < 1.29 is 14.3 Å². The summed E-state index contributed by atoms with van der Waals surface area (Å²) in [5, 5.41) is 0. The Labute approximate surface area is 121 Å². The number of allylic oxidation sites excluding steroid dienone is 2. The summed E-state index contributed by atoms with van der Waals surface area (Å²) >= 11 is 3.36. The second-order valence-electron chi connectivity index (χ2n) is 4.29. The molecule has 0 unspecified atom stereocenters. The van der Waals surface area contributed by atoms with Gasteiger partial charge in [0.15, 0.2) is 0 Å². The fourth-order valence-electron chi connectivity index (χ4n) is 1.64. The van der Waals surface area contributed by atoms with Crippen LogP contribution in [0.4, 0.5) is 0 Å². The van der Waals surface area contributed by atoms with Crippen molar-refractivity contribution >= 4 is 27.7 Å². The first kappa shape index (κ1) is 15.6. The van der Waals surface area contributed by atoms with Crippen molar-refractivity contribution in [3.8, 4) is 5.75 Å². The molecule has 0 N–H and O–H groups in total. The van der Waals surface area contributed by atoms with Crippen LogP contribution < -0.4 is 4.74 Å². The van der Waals surface area contributed by atoms with Crippen molar-refractivity contribution in [1.29, 1.82) is 0 Å². The van der Waals surface area contributed by atoms with Gasteiger partial charge in [0.25, 0.3) is 0 Å². The first-order valence-corrected chi connectivity index (χ1v) is 6.84. The van der Waals surface area contributed by atoms with E-state index in [0.29, 0.717) is 10.2 Å². The van der Waals surface area contributed by atoms with Crippen LogP contribution in [0.3, 0.4) is 0 Å². The van der Waals surface area contributed by atoms with Gasteiger partial charge in [-0.2, -0.15) is 0 Å². The number of Topliss-reactive ketones (excluding diaryl/α,β-unsaturated/α-hetero) is 1. The Morgan fingerprint density at radius 1 is 1.37 bits per heavy atom. The molecule has 0 atom stereocenters. The molecule has 0 aliphatic rings. The average molecular weight is 325 g/mol. The van der Waals surface area contributed by atoms with Crippen molar-refractivity contribution in [2.45, 2.75) is 33.6 Å². The van der Waals surface area contributed by atoms with E-state index in [2.05, 4.69) is 15.9 Å². The largest absolute Gasteiger partial charge is 0.425 e. The summed E-state index contributed by atoms with van der Waals surface area (Å²) < 4.78 is 5.99. The molecule has 0 fully saturated rings. The standard InChI is InChI=1S/C15H17BrO3/c1-4-5-6-12-7-8-13(16)15(11(12)3)19-14(18)9-10(2)17/h4-5,7-8H,6,9H2,1-3H3/b5-4+. The molecule has 0 saturated carbocycles. The van der Waals surface area contributed by atoms with Gasteiger partial charge in [0.2, 0.25) is 0 Å². The van der Waals surface area contributed by atoms with Crippen LogP contribution in [0.1, 0.15) is 31.4 Å². The summed E-state index contributed by atoms with van der Waals surface area (Å²) in [7, 11) is 0. The Kier molecular flexibility index (Phi) is 5.96. The summed E-state index contributed by atoms with van der Waals surface area (Å²) in [5.74, 6) is -0.239. The maximum absolute atomic E-state index is 11.6. The third-order valence-corrected chi connectivity index (χ3v) is 3.28. The topological polar surface area (TPSA) is 43.4 Å². The lowest BCUT2D eigenvalue weighted by Gasteiger charge is -2.12. The molecule has 19 heavy (non-hydrogen) atoms. The Morgan fingerprint density at radius 2 is 2.05 bits per heavy atom.